The standard InChI is InChI=1S/C23H25ClF3N3O3S/c1-3-4-9-21-28-22(24)20(15-33-2)30(21)14-16-10-12-17(13-11-16)18-7-5-6-8-19(18)29-34(31,32)23(25,26)27/h5-8,10-13,29H,3-4,9,14-15H2,1-2H3. The van der Waals surface area contributed by atoms with Crippen LogP contribution in [0.15, 0.2) is 48.5 Å². The third-order valence-electron chi connectivity index (χ3n) is 5.22. The molecule has 0 aliphatic rings. The van der Waals surface area contributed by atoms with Crippen molar-refractivity contribution in [1.29, 1.82) is 0 Å². The lowest BCUT2D eigenvalue weighted by atomic mass is 10.0. The Labute approximate surface area is 201 Å². The molecule has 0 bridgehead atoms. The Morgan fingerprint density at radius 2 is 1.79 bits per heavy atom. The number of benzene rings is 2. The quantitative estimate of drug-likeness (QED) is 0.359. The van der Waals surface area contributed by atoms with Gasteiger partial charge in [0, 0.05) is 25.6 Å². The summed E-state index contributed by atoms with van der Waals surface area (Å²) in [4.78, 5) is 4.48. The number of ether oxygens (including phenoxy) is 1. The molecular weight excluding hydrogens is 491 g/mol. The van der Waals surface area contributed by atoms with Crippen LogP contribution in [-0.2, 0) is 34.3 Å². The second-order valence-electron chi connectivity index (χ2n) is 7.68. The van der Waals surface area contributed by atoms with Crippen LogP contribution in [0.1, 0.15) is 36.8 Å². The van der Waals surface area contributed by atoms with E-state index in [1.54, 1.807) is 36.1 Å². The monoisotopic (exact) mass is 515 g/mol. The second kappa shape index (κ2) is 10.8. The van der Waals surface area contributed by atoms with Crippen LogP contribution in [0.3, 0.4) is 0 Å². The van der Waals surface area contributed by atoms with Crippen molar-refractivity contribution in [3.05, 3.63) is 70.8 Å². The number of unbranched alkanes of at least 4 members (excludes halogenated alkanes) is 1. The van der Waals surface area contributed by atoms with Crippen molar-refractivity contribution in [2.75, 3.05) is 11.8 Å². The second-order valence-corrected chi connectivity index (χ2v) is 9.71. The number of sulfonamides is 1. The van der Waals surface area contributed by atoms with E-state index in [1.807, 2.05) is 16.7 Å². The maximum atomic E-state index is 12.8. The molecule has 34 heavy (non-hydrogen) atoms. The average Bonchev–Trinajstić information content (AvgIpc) is 3.07. The fraction of sp³-hybridized carbons (Fsp3) is 0.348. The topological polar surface area (TPSA) is 73.2 Å². The molecule has 0 unspecified atom stereocenters. The molecule has 184 valence electrons. The van der Waals surface area contributed by atoms with Crippen LogP contribution in [0.25, 0.3) is 11.1 Å². The Balaban J connectivity index is 1.89. The molecule has 1 heterocycles. The number of nitrogens with one attached hydrogen (secondary N) is 1. The molecule has 1 aromatic heterocycles. The van der Waals surface area contributed by atoms with Crippen LogP contribution >= 0.6 is 11.6 Å². The normalized spacial score (nSPS) is 12.2. The SMILES string of the molecule is CCCCc1nc(Cl)c(COC)n1Cc1ccc(-c2ccccc2NS(=O)(=O)C(F)(F)F)cc1. The largest absolute Gasteiger partial charge is 0.516 e. The van der Waals surface area contributed by atoms with Gasteiger partial charge in [-0.25, -0.2) is 4.98 Å². The van der Waals surface area contributed by atoms with Gasteiger partial charge in [0.2, 0.25) is 0 Å². The summed E-state index contributed by atoms with van der Waals surface area (Å²) in [7, 11) is -3.95. The third kappa shape index (κ3) is 5.92. The summed E-state index contributed by atoms with van der Waals surface area (Å²) in [6.45, 7) is 2.89. The molecule has 0 aliphatic heterocycles. The highest BCUT2D eigenvalue weighted by molar-refractivity contribution is 7.93. The zero-order valence-electron chi connectivity index (χ0n) is 18.7. The number of imidazole rings is 1. The number of aromatic nitrogens is 2. The van der Waals surface area contributed by atoms with Crippen LogP contribution in [-0.4, -0.2) is 30.6 Å². The average molecular weight is 516 g/mol. The van der Waals surface area contributed by atoms with Gasteiger partial charge < -0.3 is 9.30 Å². The number of hydrogen-bond donors (Lipinski definition) is 1. The summed E-state index contributed by atoms with van der Waals surface area (Å²) in [5, 5.41) is 0.399. The van der Waals surface area contributed by atoms with Crippen molar-refractivity contribution in [2.45, 2.75) is 44.8 Å². The smallest absolute Gasteiger partial charge is 0.378 e. The minimum Gasteiger partial charge on any atom is -0.378 e. The predicted octanol–water partition coefficient (Wildman–Crippen LogP) is 6.00. The first-order chi connectivity index (χ1) is 16.1. The maximum Gasteiger partial charge on any atom is 0.516 e. The molecule has 0 saturated heterocycles. The van der Waals surface area contributed by atoms with Gasteiger partial charge in [0.05, 0.1) is 18.0 Å². The summed E-state index contributed by atoms with van der Waals surface area (Å²) in [6.07, 6.45) is 2.74. The number of anilines is 1. The van der Waals surface area contributed by atoms with Gasteiger partial charge in [0.1, 0.15) is 5.82 Å². The van der Waals surface area contributed by atoms with E-state index in [4.69, 9.17) is 16.3 Å². The van der Waals surface area contributed by atoms with Gasteiger partial charge in [-0.2, -0.15) is 21.6 Å². The van der Waals surface area contributed by atoms with Crippen molar-refractivity contribution in [2.24, 2.45) is 0 Å². The third-order valence-corrected chi connectivity index (χ3v) is 6.62. The minimum absolute atomic E-state index is 0.154. The van der Waals surface area contributed by atoms with Gasteiger partial charge in [-0.1, -0.05) is 67.4 Å². The highest BCUT2D eigenvalue weighted by Crippen LogP contribution is 2.32. The van der Waals surface area contributed by atoms with Gasteiger partial charge in [0.15, 0.2) is 5.15 Å². The van der Waals surface area contributed by atoms with Crippen molar-refractivity contribution >= 4 is 27.3 Å². The number of rotatable bonds is 10. The summed E-state index contributed by atoms with van der Waals surface area (Å²) >= 11 is 6.33. The first-order valence-corrected chi connectivity index (χ1v) is 12.4. The van der Waals surface area contributed by atoms with Crippen LogP contribution in [0.4, 0.5) is 18.9 Å². The molecule has 2 aromatic carbocycles. The van der Waals surface area contributed by atoms with E-state index >= 15 is 0 Å². The van der Waals surface area contributed by atoms with Crippen LogP contribution in [0.5, 0.6) is 0 Å². The van der Waals surface area contributed by atoms with E-state index in [0.29, 0.717) is 29.4 Å². The van der Waals surface area contributed by atoms with Crippen LogP contribution in [0, 0.1) is 0 Å². The number of nitrogens with zero attached hydrogens (tertiary/aromatic N) is 2. The van der Waals surface area contributed by atoms with Gasteiger partial charge in [-0.3, -0.25) is 4.72 Å². The molecule has 6 nitrogen and oxygen atoms in total. The molecule has 0 fully saturated rings. The zero-order valence-corrected chi connectivity index (χ0v) is 20.3. The van der Waals surface area contributed by atoms with Crippen LogP contribution < -0.4 is 4.72 Å². The lowest BCUT2D eigenvalue weighted by molar-refractivity contribution is -0.0429. The molecule has 0 radical (unpaired) electrons. The molecule has 1 N–H and O–H groups in total. The van der Waals surface area contributed by atoms with Crippen molar-refractivity contribution in [1.82, 2.24) is 9.55 Å². The lowest BCUT2D eigenvalue weighted by Crippen LogP contribution is -2.30. The Morgan fingerprint density at radius 1 is 1.12 bits per heavy atom. The number of aryl methyl sites for hydroxylation is 1. The molecular formula is C23H25ClF3N3O3S. The Bertz CT molecular complexity index is 1230. The highest BCUT2D eigenvalue weighted by atomic mass is 35.5. The van der Waals surface area contributed by atoms with Gasteiger partial charge in [0.25, 0.3) is 0 Å². The first-order valence-electron chi connectivity index (χ1n) is 10.6. The Kier molecular flexibility index (Phi) is 8.27. The van der Waals surface area contributed by atoms with Crippen LogP contribution in [0.2, 0.25) is 5.15 Å². The Morgan fingerprint density at radius 3 is 2.41 bits per heavy atom. The number of methoxy groups -OCH3 is 1. The van der Waals surface area contributed by atoms with Gasteiger partial charge in [-0.15, -0.1) is 0 Å². The molecule has 11 heteroatoms. The molecule has 3 rings (SSSR count). The predicted molar refractivity (Wildman–Crippen MR) is 126 cm³/mol. The lowest BCUT2D eigenvalue weighted by Gasteiger charge is -2.15. The van der Waals surface area contributed by atoms with E-state index in [2.05, 4.69) is 11.9 Å². The van der Waals surface area contributed by atoms with Gasteiger partial charge in [-0.05, 0) is 23.6 Å². The fourth-order valence-electron chi connectivity index (χ4n) is 3.49. The fourth-order valence-corrected chi connectivity index (χ4v) is 4.33. The summed E-state index contributed by atoms with van der Waals surface area (Å²) in [5.41, 5.74) is -2.98. The maximum absolute atomic E-state index is 12.8. The molecule has 3 aromatic rings. The van der Waals surface area contributed by atoms with E-state index in [0.717, 1.165) is 36.3 Å². The number of alkyl halides is 3. The highest BCUT2D eigenvalue weighted by Gasteiger charge is 2.46. The number of para-hydroxylation sites is 1. The number of halogens is 4. The van der Waals surface area contributed by atoms with Crippen molar-refractivity contribution in [3.8, 4) is 11.1 Å². The molecule has 0 aliphatic carbocycles. The van der Waals surface area contributed by atoms with Crippen molar-refractivity contribution in [3.63, 3.8) is 0 Å². The van der Waals surface area contributed by atoms with E-state index in [-0.39, 0.29) is 5.69 Å². The van der Waals surface area contributed by atoms with Crippen molar-refractivity contribution < 1.29 is 26.3 Å². The first kappa shape index (κ1) is 26.1. The van der Waals surface area contributed by atoms with E-state index in [9.17, 15) is 21.6 Å². The minimum atomic E-state index is -5.54. The zero-order chi connectivity index (χ0) is 24.9. The molecule has 0 saturated carbocycles. The van der Waals surface area contributed by atoms with Gasteiger partial charge >= 0.3 is 15.5 Å². The summed E-state index contributed by atoms with van der Waals surface area (Å²) in [6, 6.07) is 13.1. The number of hydrogen-bond acceptors (Lipinski definition) is 4. The summed E-state index contributed by atoms with van der Waals surface area (Å²) in [5.74, 6) is 0.856. The molecule has 0 spiro atoms. The molecule has 0 atom stereocenters. The van der Waals surface area contributed by atoms with E-state index in [1.165, 1.54) is 12.1 Å². The molecule has 0 amide bonds. The summed E-state index contributed by atoms with van der Waals surface area (Å²) < 4.78 is 70.6. The Hall–Kier alpha value is -2.56. The van der Waals surface area contributed by atoms with E-state index < -0.39 is 15.5 Å².